The summed E-state index contributed by atoms with van der Waals surface area (Å²) in [4.78, 5) is 8.34. The Morgan fingerprint density at radius 3 is 2.20 bits per heavy atom. The highest BCUT2D eigenvalue weighted by atomic mass is 28.3. The molecule has 0 rings (SSSR count). The third-order valence-electron chi connectivity index (χ3n) is 0.295. The van der Waals surface area contributed by atoms with Crippen molar-refractivity contribution in [2.75, 3.05) is 0 Å². The van der Waals surface area contributed by atoms with E-state index in [2.05, 4.69) is 6.58 Å². The molecule has 0 aromatic carbocycles. The predicted octanol–water partition coefficient (Wildman–Crippen LogP) is 0.325. The normalized spacial score (nSPS) is 8.60. The summed E-state index contributed by atoms with van der Waals surface area (Å²) < 4.78 is 0. The molecule has 0 aromatic heterocycles. The van der Waals surface area contributed by atoms with Gasteiger partial charge in [0.25, 0.3) is 0 Å². The zero-order chi connectivity index (χ0) is 4.28. The standard InChI is InChI=1S/C3H7OSi/c1-3-5(2)4/h3-4H,1H2,2H3. The zero-order valence-corrected chi connectivity index (χ0v) is 4.23. The minimum absolute atomic E-state index is 1.11. The molecule has 1 nitrogen and oxygen atoms in total. The lowest BCUT2D eigenvalue weighted by Crippen LogP contribution is -1.97. The number of hydrogen-bond acceptors (Lipinski definition) is 1. The van der Waals surface area contributed by atoms with Gasteiger partial charge in [-0.25, -0.2) is 0 Å². The predicted molar refractivity (Wildman–Crippen MR) is 24.0 cm³/mol. The molecule has 0 atom stereocenters. The van der Waals surface area contributed by atoms with Crippen molar-refractivity contribution in [1.82, 2.24) is 0 Å². The molecule has 5 heavy (non-hydrogen) atoms. The van der Waals surface area contributed by atoms with Crippen LogP contribution in [0.5, 0.6) is 0 Å². The first-order valence-electron chi connectivity index (χ1n) is 1.42. The average Bonchev–Trinajstić information content (AvgIpc) is 1.38. The SMILES string of the molecule is C=C[Si](C)O. The molecule has 0 heterocycles. The summed E-state index contributed by atoms with van der Waals surface area (Å²) in [7, 11) is -1.11. The molecule has 1 radical (unpaired) electrons. The molecule has 0 bridgehead atoms. The number of rotatable bonds is 1. The van der Waals surface area contributed by atoms with Crippen LogP contribution in [-0.4, -0.2) is 13.8 Å². The summed E-state index contributed by atoms with van der Waals surface area (Å²) in [5.41, 5.74) is 1.57. The van der Waals surface area contributed by atoms with E-state index in [1.54, 1.807) is 12.2 Å². The largest absolute Gasteiger partial charge is 0.428 e. The molecule has 0 saturated heterocycles. The Morgan fingerprint density at radius 1 is 2.00 bits per heavy atom. The van der Waals surface area contributed by atoms with Gasteiger partial charge in [-0.3, -0.25) is 0 Å². The van der Waals surface area contributed by atoms with E-state index in [1.807, 2.05) is 0 Å². The van der Waals surface area contributed by atoms with Gasteiger partial charge in [-0.2, -0.15) is 0 Å². The van der Waals surface area contributed by atoms with E-state index in [-0.39, 0.29) is 0 Å². The van der Waals surface area contributed by atoms with E-state index in [4.69, 9.17) is 4.80 Å². The average molecular weight is 87.2 g/mol. The molecule has 0 aliphatic rings. The Bertz CT molecular complexity index is 33.9. The van der Waals surface area contributed by atoms with Crippen LogP contribution in [0.3, 0.4) is 0 Å². The van der Waals surface area contributed by atoms with Crippen LogP contribution in [0.4, 0.5) is 0 Å². The van der Waals surface area contributed by atoms with Gasteiger partial charge in [-0.15, -0.1) is 6.58 Å². The van der Waals surface area contributed by atoms with Crippen molar-refractivity contribution < 1.29 is 4.80 Å². The summed E-state index contributed by atoms with van der Waals surface area (Å²) in [6.07, 6.45) is 0. The van der Waals surface area contributed by atoms with Crippen molar-refractivity contribution in [3.05, 3.63) is 12.3 Å². The van der Waals surface area contributed by atoms with Gasteiger partial charge in [0, 0.05) is 0 Å². The summed E-state index contributed by atoms with van der Waals surface area (Å²) in [6.45, 7) is 5.12. The third-order valence-corrected chi connectivity index (χ3v) is 0.886. The van der Waals surface area contributed by atoms with E-state index >= 15 is 0 Å². The molecule has 0 amide bonds. The molecule has 0 unspecified atom stereocenters. The lowest BCUT2D eigenvalue weighted by atomic mass is 11.3. The lowest BCUT2D eigenvalue weighted by molar-refractivity contribution is 0.593. The van der Waals surface area contributed by atoms with Crippen LogP contribution in [0.1, 0.15) is 0 Å². The van der Waals surface area contributed by atoms with Gasteiger partial charge < -0.3 is 4.80 Å². The monoisotopic (exact) mass is 87.0 g/mol. The van der Waals surface area contributed by atoms with Crippen LogP contribution >= 0.6 is 0 Å². The fourth-order valence-electron chi connectivity index (χ4n) is 0. The molecule has 0 saturated carbocycles. The second-order valence-electron chi connectivity index (χ2n) is 0.846. The maximum absolute atomic E-state index is 8.34. The fourth-order valence-corrected chi connectivity index (χ4v) is 0. The van der Waals surface area contributed by atoms with Gasteiger partial charge in [-0.05, 0) is 6.55 Å². The van der Waals surface area contributed by atoms with Crippen molar-refractivity contribution in [1.29, 1.82) is 0 Å². The van der Waals surface area contributed by atoms with Gasteiger partial charge in [0.1, 0.15) is 0 Å². The molecule has 2 heteroatoms. The second kappa shape index (κ2) is 2.17. The van der Waals surface area contributed by atoms with Crippen molar-refractivity contribution in [3.63, 3.8) is 0 Å². The van der Waals surface area contributed by atoms with Gasteiger partial charge in [0.05, 0.1) is 0 Å². The molecule has 0 aliphatic carbocycles. The molecule has 29 valence electrons. The summed E-state index contributed by atoms with van der Waals surface area (Å²) in [6, 6.07) is 0. The highest BCUT2D eigenvalue weighted by Gasteiger charge is 1.82. The fraction of sp³-hybridized carbons (Fsp3) is 0.333. The molecule has 0 spiro atoms. The quantitative estimate of drug-likeness (QED) is 0.457. The first kappa shape index (κ1) is 4.92. The van der Waals surface area contributed by atoms with Crippen LogP contribution in [0, 0.1) is 0 Å². The summed E-state index contributed by atoms with van der Waals surface area (Å²) >= 11 is 0. The van der Waals surface area contributed by atoms with Crippen LogP contribution in [-0.2, 0) is 0 Å². The minimum atomic E-state index is -1.11. The maximum Gasteiger partial charge on any atom is 0.231 e. The Kier molecular flexibility index (Phi) is 2.14. The first-order chi connectivity index (χ1) is 2.27. The first-order valence-corrected chi connectivity index (χ1v) is 3.45. The summed E-state index contributed by atoms with van der Waals surface area (Å²) in [5, 5.41) is 0. The van der Waals surface area contributed by atoms with Crippen LogP contribution < -0.4 is 0 Å². The van der Waals surface area contributed by atoms with Crippen LogP contribution in [0.15, 0.2) is 12.3 Å². The zero-order valence-electron chi connectivity index (χ0n) is 3.23. The van der Waals surface area contributed by atoms with Crippen molar-refractivity contribution in [2.24, 2.45) is 0 Å². The Morgan fingerprint density at radius 2 is 2.20 bits per heavy atom. The maximum atomic E-state index is 8.34. The van der Waals surface area contributed by atoms with Gasteiger partial charge in [0.15, 0.2) is 0 Å². The van der Waals surface area contributed by atoms with Crippen LogP contribution in [0.2, 0.25) is 6.55 Å². The second-order valence-corrected chi connectivity index (χ2v) is 2.54. The topological polar surface area (TPSA) is 20.2 Å². The Labute approximate surface area is 33.7 Å². The molecule has 1 N–H and O–H groups in total. The van der Waals surface area contributed by atoms with Gasteiger partial charge >= 0.3 is 0 Å². The third kappa shape index (κ3) is 3.92. The highest BCUT2D eigenvalue weighted by molar-refractivity contribution is 6.54. The van der Waals surface area contributed by atoms with Gasteiger partial charge in [-0.1, -0.05) is 5.70 Å². The van der Waals surface area contributed by atoms with Crippen molar-refractivity contribution in [3.8, 4) is 0 Å². The molecular weight excluding hydrogens is 80.1 g/mol. The van der Waals surface area contributed by atoms with Gasteiger partial charge in [0.2, 0.25) is 9.04 Å². The van der Waals surface area contributed by atoms with E-state index < -0.39 is 9.04 Å². The van der Waals surface area contributed by atoms with E-state index in [0.29, 0.717) is 0 Å². The van der Waals surface area contributed by atoms with Crippen LogP contribution in [0.25, 0.3) is 0 Å². The molecule has 0 aromatic rings. The van der Waals surface area contributed by atoms with E-state index in [0.717, 1.165) is 0 Å². The van der Waals surface area contributed by atoms with Crippen molar-refractivity contribution >= 4 is 9.04 Å². The minimum Gasteiger partial charge on any atom is -0.428 e. The van der Waals surface area contributed by atoms with E-state index in [9.17, 15) is 0 Å². The Balaban J connectivity index is 2.83. The highest BCUT2D eigenvalue weighted by Crippen LogP contribution is 1.67. The lowest BCUT2D eigenvalue weighted by Gasteiger charge is -1.79. The Hall–Kier alpha value is -0.0831. The summed E-state index contributed by atoms with van der Waals surface area (Å²) in [5.74, 6) is 0. The van der Waals surface area contributed by atoms with Crippen molar-refractivity contribution in [2.45, 2.75) is 6.55 Å². The van der Waals surface area contributed by atoms with E-state index in [1.165, 1.54) is 0 Å². The smallest absolute Gasteiger partial charge is 0.231 e. The molecule has 0 fully saturated rings. The molecular formula is C3H7OSi. The molecule has 0 aliphatic heterocycles. The number of hydrogen-bond donors (Lipinski definition) is 1.